The molecule has 0 saturated heterocycles. The van der Waals surface area contributed by atoms with E-state index in [1.54, 1.807) is 78.6 Å². The van der Waals surface area contributed by atoms with E-state index < -0.39 is 18.2 Å². The number of aliphatic carboxylic acids is 1. The van der Waals surface area contributed by atoms with Gasteiger partial charge in [0.05, 0.1) is 13.2 Å². The fourth-order valence-electron chi connectivity index (χ4n) is 3.63. The molecule has 39 heavy (non-hydrogen) atoms. The predicted molar refractivity (Wildman–Crippen MR) is 149 cm³/mol. The second kappa shape index (κ2) is 15.8. The average molecular weight is 576 g/mol. The second-order valence-electron chi connectivity index (χ2n) is 8.45. The monoisotopic (exact) mass is 575 g/mol. The van der Waals surface area contributed by atoms with Crippen molar-refractivity contribution in [1.82, 2.24) is 4.90 Å². The van der Waals surface area contributed by atoms with Crippen molar-refractivity contribution in [3.8, 4) is 17.2 Å². The van der Waals surface area contributed by atoms with Crippen LogP contribution in [-0.2, 0) is 16.0 Å². The van der Waals surface area contributed by atoms with E-state index in [0.29, 0.717) is 53.5 Å². The quantitative estimate of drug-likeness (QED) is 0.210. The molecule has 3 aromatic carbocycles. The van der Waals surface area contributed by atoms with Gasteiger partial charge in [0.25, 0.3) is 0 Å². The Hall–Kier alpha value is -3.46. The third kappa shape index (κ3) is 10.7. The number of carbonyl (C=O) groups excluding carboxylic acids is 1. The lowest BCUT2D eigenvalue weighted by molar-refractivity contribution is -0.149. The highest BCUT2D eigenvalue weighted by Crippen LogP contribution is 2.24. The lowest BCUT2D eigenvalue weighted by atomic mass is 10.1. The zero-order valence-electron chi connectivity index (χ0n) is 21.6. The summed E-state index contributed by atoms with van der Waals surface area (Å²) in [4.78, 5) is 25.7. The summed E-state index contributed by atoms with van der Waals surface area (Å²) in [5, 5.41) is 10.2. The van der Waals surface area contributed by atoms with E-state index in [0.717, 1.165) is 5.56 Å². The molecular weight excluding hydrogens is 545 g/mol. The standard InChI is InChI=1S/C29H31Cl2NO7/c1-2-36-27(28(33)34)17-21-9-11-24(12-10-21)38-16-14-32(29(35)39-25-7-4-3-5-8-25)13-6-15-37-26-19-22(30)18-23(31)20-26/h3-5,7-12,18-20,27H,2,6,13-17H2,1H3,(H,33,34). The van der Waals surface area contributed by atoms with Gasteiger partial charge in [0, 0.05) is 29.6 Å². The molecule has 1 N–H and O–H groups in total. The Bertz CT molecular complexity index is 1170. The van der Waals surface area contributed by atoms with Crippen LogP contribution in [-0.4, -0.2) is 61.1 Å². The molecule has 0 spiro atoms. The van der Waals surface area contributed by atoms with E-state index in [4.69, 9.17) is 42.1 Å². The van der Waals surface area contributed by atoms with Gasteiger partial charge in [-0.05, 0) is 61.4 Å². The Kier molecular flexibility index (Phi) is 12.2. The van der Waals surface area contributed by atoms with Crippen molar-refractivity contribution in [2.75, 3.05) is 32.9 Å². The molecular formula is C29H31Cl2NO7. The topological polar surface area (TPSA) is 94.5 Å². The zero-order valence-corrected chi connectivity index (χ0v) is 23.1. The van der Waals surface area contributed by atoms with E-state index in [-0.39, 0.29) is 19.6 Å². The average Bonchev–Trinajstić information content (AvgIpc) is 2.90. The Balaban J connectivity index is 1.53. The summed E-state index contributed by atoms with van der Waals surface area (Å²) in [6.45, 7) is 3.30. The minimum atomic E-state index is -0.999. The van der Waals surface area contributed by atoms with Gasteiger partial charge in [0.15, 0.2) is 6.10 Å². The molecule has 0 aliphatic rings. The highest BCUT2D eigenvalue weighted by atomic mass is 35.5. The number of carboxylic acid groups (broad SMARTS) is 1. The molecule has 0 heterocycles. The van der Waals surface area contributed by atoms with Crippen LogP contribution in [0.25, 0.3) is 0 Å². The van der Waals surface area contributed by atoms with Gasteiger partial charge in [0.1, 0.15) is 23.9 Å². The number of ether oxygens (including phenoxy) is 4. The van der Waals surface area contributed by atoms with Crippen LogP contribution in [0.15, 0.2) is 72.8 Å². The first-order chi connectivity index (χ1) is 18.8. The third-order valence-corrected chi connectivity index (χ3v) is 5.94. The van der Waals surface area contributed by atoms with E-state index in [1.165, 1.54) is 0 Å². The van der Waals surface area contributed by atoms with Crippen molar-refractivity contribution in [1.29, 1.82) is 0 Å². The van der Waals surface area contributed by atoms with Gasteiger partial charge < -0.3 is 29.0 Å². The summed E-state index contributed by atoms with van der Waals surface area (Å²) in [6, 6.07) is 20.9. The number of para-hydroxylation sites is 1. The molecule has 0 fully saturated rings. The molecule has 1 unspecified atom stereocenters. The predicted octanol–water partition coefficient (Wildman–Crippen LogP) is 6.37. The number of hydrogen-bond donors (Lipinski definition) is 1. The largest absolute Gasteiger partial charge is 0.493 e. The van der Waals surface area contributed by atoms with E-state index in [9.17, 15) is 14.7 Å². The summed E-state index contributed by atoms with van der Waals surface area (Å²) in [5.74, 6) is 0.593. The van der Waals surface area contributed by atoms with Crippen LogP contribution in [0, 0.1) is 0 Å². The molecule has 10 heteroatoms. The van der Waals surface area contributed by atoms with Crippen LogP contribution in [0.5, 0.6) is 17.2 Å². The van der Waals surface area contributed by atoms with Crippen molar-refractivity contribution in [3.05, 3.63) is 88.4 Å². The normalized spacial score (nSPS) is 11.5. The van der Waals surface area contributed by atoms with Crippen molar-refractivity contribution in [2.24, 2.45) is 0 Å². The maximum absolute atomic E-state index is 12.9. The van der Waals surface area contributed by atoms with Crippen LogP contribution >= 0.6 is 23.2 Å². The fraction of sp³-hybridized carbons (Fsp3) is 0.310. The summed E-state index contributed by atoms with van der Waals surface area (Å²) in [6.07, 6.45) is -0.605. The lowest BCUT2D eigenvalue weighted by Crippen LogP contribution is -2.38. The van der Waals surface area contributed by atoms with Crippen LogP contribution in [0.2, 0.25) is 10.0 Å². The number of carbonyl (C=O) groups is 2. The third-order valence-electron chi connectivity index (χ3n) is 5.50. The number of benzene rings is 3. The van der Waals surface area contributed by atoms with Crippen LogP contribution in [0.3, 0.4) is 0 Å². The number of nitrogens with zero attached hydrogens (tertiary/aromatic N) is 1. The zero-order chi connectivity index (χ0) is 28.0. The highest BCUT2D eigenvalue weighted by molar-refractivity contribution is 6.34. The number of carboxylic acids is 1. The summed E-state index contributed by atoms with van der Waals surface area (Å²) in [5.41, 5.74) is 0.817. The SMILES string of the molecule is CCOC(Cc1ccc(OCCN(CCCOc2cc(Cl)cc(Cl)c2)C(=O)Oc2ccccc2)cc1)C(=O)O. The highest BCUT2D eigenvalue weighted by Gasteiger charge is 2.18. The van der Waals surface area contributed by atoms with Crippen LogP contribution < -0.4 is 14.2 Å². The number of halogens is 2. The van der Waals surface area contributed by atoms with Crippen molar-refractivity contribution in [2.45, 2.75) is 25.9 Å². The van der Waals surface area contributed by atoms with E-state index in [1.807, 2.05) is 6.07 Å². The molecule has 8 nitrogen and oxygen atoms in total. The van der Waals surface area contributed by atoms with Crippen LogP contribution in [0.4, 0.5) is 4.79 Å². The first-order valence-electron chi connectivity index (χ1n) is 12.5. The molecule has 3 aromatic rings. The molecule has 0 saturated carbocycles. The number of amides is 1. The molecule has 3 rings (SSSR count). The van der Waals surface area contributed by atoms with Gasteiger partial charge >= 0.3 is 12.1 Å². The van der Waals surface area contributed by atoms with Crippen molar-refractivity contribution < 1.29 is 33.6 Å². The van der Waals surface area contributed by atoms with E-state index in [2.05, 4.69) is 0 Å². The minimum absolute atomic E-state index is 0.227. The lowest BCUT2D eigenvalue weighted by Gasteiger charge is -2.22. The van der Waals surface area contributed by atoms with Gasteiger partial charge in [-0.2, -0.15) is 0 Å². The smallest absolute Gasteiger partial charge is 0.415 e. The van der Waals surface area contributed by atoms with E-state index >= 15 is 0 Å². The minimum Gasteiger partial charge on any atom is -0.493 e. The van der Waals surface area contributed by atoms with Gasteiger partial charge in [-0.25, -0.2) is 9.59 Å². The fourth-order valence-corrected chi connectivity index (χ4v) is 4.14. The molecule has 0 bridgehead atoms. The maximum atomic E-state index is 12.9. The Morgan fingerprint density at radius 1 is 0.846 bits per heavy atom. The molecule has 0 aliphatic heterocycles. The van der Waals surface area contributed by atoms with Gasteiger partial charge in [-0.1, -0.05) is 53.5 Å². The summed E-state index contributed by atoms with van der Waals surface area (Å²) in [7, 11) is 0. The Morgan fingerprint density at radius 3 is 2.15 bits per heavy atom. The summed E-state index contributed by atoms with van der Waals surface area (Å²) >= 11 is 12.0. The molecule has 1 amide bonds. The molecule has 0 aromatic heterocycles. The molecule has 0 aliphatic carbocycles. The molecule has 208 valence electrons. The summed E-state index contributed by atoms with van der Waals surface area (Å²) < 4.78 is 22.4. The van der Waals surface area contributed by atoms with Crippen molar-refractivity contribution in [3.63, 3.8) is 0 Å². The number of rotatable bonds is 15. The Labute approximate surface area is 237 Å². The Morgan fingerprint density at radius 2 is 1.51 bits per heavy atom. The number of hydrogen-bond acceptors (Lipinski definition) is 6. The molecule has 0 radical (unpaired) electrons. The maximum Gasteiger partial charge on any atom is 0.415 e. The van der Waals surface area contributed by atoms with Crippen LogP contribution in [0.1, 0.15) is 18.9 Å². The second-order valence-corrected chi connectivity index (χ2v) is 9.33. The first kappa shape index (κ1) is 30.1. The van der Waals surface area contributed by atoms with Crippen molar-refractivity contribution >= 4 is 35.3 Å². The van der Waals surface area contributed by atoms with Gasteiger partial charge in [-0.15, -0.1) is 0 Å². The van der Waals surface area contributed by atoms with Gasteiger partial charge in [0.2, 0.25) is 0 Å². The molecule has 1 atom stereocenters. The van der Waals surface area contributed by atoms with Gasteiger partial charge in [-0.3, -0.25) is 0 Å². The first-order valence-corrected chi connectivity index (χ1v) is 13.3.